The summed E-state index contributed by atoms with van der Waals surface area (Å²) < 4.78 is 27.7. The van der Waals surface area contributed by atoms with Gasteiger partial charge in [-0.1, -0.05) is 20.8 Å². The number of ether oxygens (including phenoxy) is 1. The average Bonchev–Trinajstić information content (AvgIpc) is 3.25. The Hall–Kier alpha value is -2.23. The van der Waals surface area contributed by atoms with E-state index >= 15 is 0 Å². The third-order valence-corrected chi connectivity index (χ3v) is 5.48. The Labute approximate surface area is 171 Å². The van der Waals surface area contributed by atoms with Crippen molar-refractivity contribution >= 4 is 20.8 Å². The van der Waals surface area contributed by atoms with Gasteiger partial charge >= 0.3 is 6.09 Å². The molecular formula is C20H28FN3O4Si. The molecule has 0 spiro atoms. The van der Waals surface area contributed by atoms with Crippen molar-refractivity contribution in [2.24, 2.45) is 5.41 Å². The molecule has 158 valence electrons. The summed E-state index contributed by atoms with van der Waals surface area (Å²) in [4.78, 5) is 17.7. The largest absolute Gasteiger partial charge is 0.441 e. The molecule has 1 N–H and O–H groups in total. The predicted octanol–water partition coefficient (Wildman–Crippen LogP) is 3.42. The number of benzene rings is 1. The summed E-state index contributed by atoms with van der Waals surface area (Å²) in [6, 6.07) is 4.53. The van der Waals surface area contributed by atoms with Crippen LogP contribution in [0.25, 0.3) is 5.69 Å². The van der Waals surface area contributed by atoms with E-state index < -0.39 is 27.1 Å². The number of hydrogen-bond acceptors (Lipinski definition) is 5. The van der Waals surface area contributed by atoms with E-state index in [1.807, 2.05) is 0 Å². The zero-order chi connectivity index (χ0) is 21.3. The summed E-state index contributed by atoms with van der Waals surface area (Å²) in [5, 5.41) is 9.16. The summed E-state index contributed by atoms with van der Waals surface area (Å²) in [6.45, 7) is 10.4. The first-order chi connectivity index (χ1) is 13.6. The Kier molecular flexibility index (Phi) is 6.11. The van der Waals surface area contributed by atoms with Crippen LogP contribution >= 0.6 is 0 Å². The summed E-state index contributed by atoms with van der Waals surface area (Å²) in [7, 11) is -1.30. The second-order valence-corrected chi connectivity index (χ2v) is 10.9. The minimum atomic E-state index is -1.30. The molecule has 2 unspecified atom stereocenters. The Balaban J connectivity index is 1.86. The first kappa shape index (κ1) is 21.5. The van der Waals surface area contributed by atoms with Gasteiger partial charge in [0, 0.05) is 6.20 Å². The molecule has 7 nitrogen and oxygen atoms in total. The summed E-state index contributed by atoms with van der Waals surface area (Å²) in [5.41, 5.74) is 1.33. The number of imidazole rings is 1. The van der Waals surface area contributed by atoms with E-state index in [-0.39, 0.29) is 24.7 Å². The molecule has 1 saturated heterocycles. The van der Waals surface area contributed by atoms with Crippen LogP contribution in [0.1, 0.15) is 32.6 Å². The van der Waals surface area contributed by atoms with Gasteiger partial charge in [0.1, 0.15) is 11.9 Å². The SMILES string of the molecule is C[SiH](C)OC(c1cn(-c2ccc(N3CC(CO)OC3=O)cc2F)cn1)C(C)(C)C. The number of cyclic esters (lactones) is 1. The van der Waals surface area contributed by atoms with Gasteiger partial charge in [0.2, 0.25) is 0 Å². The lowest BCUT2D eigenvalue weighted by molar-refractivity contribution is 0.0830. The van der Waals surface area contributed by atoms with Crippen LogP contribution in [0.5, 0.6) is 0 Å². The molecule has 1 aromatic heterocycles. The van der Waals surface area contributed by atoms with Gasteiger partial charge in [-0.25, -0.2) is 14.2 Å². The number of aliphatic hydroxyl groups excluding tert-OH is 1. The summed E-state index contributed by atoms with van der Waals surface area (Å²) >= 11 is 0. The number of halogens is 1. The molecule has 2 atom stereocenters. The van der Waals surface area contributed by atoms with Crippen LogP contribution in [0.3, 0.4) is 0 Å². The molecular weight excluding hydrogens is 393 g/mol. The lowest BCUT2D eigenvalue weighted by Crippen LogP contribution is -2.26. The van der Waals surface area contributed by atoms with Gasteiger partial charge in [-0.3, -0.25) is 4.90 Å². The first-order valence-electron chi connectivity index (χ1n) is 9.68. The van der Waals surface area contributed by atoms with Gasteiger partial charge in [-0.05, 0) is 36.7 Å². The zero-order valence-corrected chi connectivity index (χ0v) is 18.6. The van der Waals surface area contributed by atoms with Crippen molar-refractivity contribution in [2.75, 3.05) is 18.1 Å². The molecule has 29 heavy (non-hydrogen) atoms. The summed E-state index contributed by atoms with van der Waals surface area (Å²) in [6.07, 6.45) is 2.00. The van der Waals surface area contributed by atoms with Crippen LogP contribution in [-0.4, -0.2) is 49.0 Å². The Bertz CT molecular complexity index is 881. The monoisotopic (exact) mass is 421 g/mol. The third-order valence-electron chi connectivity index (χ3n) is 4.66. The molecule has 0 saturated carbocycles. The van der Waals surface area contributed by atoms with Crippen molar-refractivity contribution in [1.29, 1.82) is 0 Å². The first-order valence-corrected chi connectivity index (χ1v) is 12.5. The van der Waals surface area contributed by atoms with Crippen molar-refractivity contribution < 1.29 is 23.5 Å². The normalized spacial score (nSPS) is 18.4. The fourth-order valence-electron chi connectivity index (χ4n) is 3.30. The lowest BCUT2D eigenvalue weighted by Gasteiger charge is -2.31. The van der Waals surface area contributed by atoms with Crippen LogP contribution in [0, 0.1) is 11.2 Å². The quantitative estimate of drug-likeness (QED) is 0.724. The number of anilines is 1. The van der Waals surface area contributed by atoms with Crippen LogP contribution in [0.4, 0.5) is 14.9 Å². The standard InChI is InChI=1S/C20H28FN3O4Si/c1-20(2,3)18(28-29(4)5)16-10-23(12-22-16)17-7-6-13(8-15(17)21)24-9-14(11-25)27-19(24)26/h6-8,10,12,14,18,25,29H,9,11H2,1-5H3. The van der Waals surface area contributed by atoms with E-state index in [0.29, 0.717) is 11.4 Å². The number of aliphatic hydroxyl groups is 1. The zero-order valence-electron chi connectivity index (χ0n) is 17.4. The van der Waals surface area contributed by atoms with Crippen LogP contribution in [0.2, 0.25) is 13.1 Å². The van der Waals surface area contributed by atoms with Crippen LogP contribution < -0.4 is 4.90 Å². The fraction of sp³-hybridized carbons (Fsp3) is 0.500. The second-order valence-electron chi connectivity index (χ2n) is 8.57. The van der Waals surface area contributed by atoms with E-state index in [4.69, 9.17) is 14.3 Å². The molecule has 1 fully saturated rings. The van der Waals surface area contributed by atoms with E-state index in [0.717, 1.165) is 5.69 Å². The van der Waals surface area contributed by atoms with Gasteiger partial charge in [0.15, 0.2) is 9.04 Å². The van der Waals surface area contributed by atoms with Crippen molar-refractivity contribution in [3.05, 3.63) is 42.2 Å². The number of amides is 1. The van der Waals surface area contributed by atoms with Crippen molar-refractivity contribution in [3.8, 4) is 5.69 Å². The molecule has 3 rings (SSSR count). The van der Waals surface area contributed by atoms with Crippen molar-refractivity contribution in [2.45, 2.75) is 46.1 Å². The number of nitrogens with zero attached hydrogens (tertiary/aromatic N) is 3. The third kappa shape index (κ3) is 4.68. The van der Waals surface area contributed by atoms with Gasteiger partial charge in [-0.15, -0.1) is 0 Å². The molecule has 9 heteroatoms. The van der Waals surface area contributed by atoms with Gasteiger partial charge in [-0.2, -0.15) is 0 Å². The smallest absolute Gasteiger partial charge is 0.414 e. The highest BCUT2D eigenvalue weighted by Crippen LogP contribution is 2.36. The molecule has 0 aliphatic carbocycles. The highest BCUT2D eigenvalue weighted by Gasteiger charge is 2.33. The molecule has 2 aromatic rings. The van der Waals surface area contributed by atoms with E-state index in [1.165, 1.54) is 11.0 Å². The molecule has 0 bridgehead atoms. The maximum absolute atomic E-state index is 14.8. The number of carbonyl (C=O) groups excluding carboxylic acids is 1. The molecule has 1 aliphatic heterocycles. The van der Waals surface area contributed by atoms with Crippen LogP contribution in [-0.2, 0) is 9.16 Å². The van der Waals surface area contributed by atoms with Gasteiger partial charge in [0.05, 0.1) is 42.7 Å². The number of carbonyl (C=O) groups is 1. The molecule has 1 aromatic carbocycles. The minimum absolute atomic E-state index is 0.141. The number of hydrogen-bond donors (Lipinski definition) is 1. The predicted molar refractivity (Wildman–Crippen MR) is 110 cm³/mol. The minimum Gasteiger partial charge on any atom is -0.441 e. The van der Waals surface area contributed by atoms with E-state index in [2.05, 4.69) is 38.8 Å². The maximum atomic E-state index is 14.8. The Morgan fingerprint density at radius 1 is 1.41 bits per heavy atom. The Morgan fingerprint density at radius 3 is 2.69 bits per heavy atom. The van der Waals surface area contributed by atoms with Crippen LogP contribution in [0.15, 0.2) is 30.7 Å². The highest BCUT2D eigenvalue weighted by molar-refractivity contribution is 6.48. The second kappa shape index (κ2) is 8.25. The summed E-state index contributed by atoms with van der Waals surface area (Å²) in [5.74, 6) is -0.488. The fourth-order valence-corrected chi connectivity index (χ4v) is 4.39. The lowest BCUT2D eigenvalue weighted by atomic mass is 9.87. The van der Waals surface area contributed by atoms with E-state index in [9.17, 15) is 9.18 Å². The topological polar surface area (TPSA) is 76.8 Å². The number of rotatable bonds is 6. The molecule has 1 aliphatic rings. The van der Waals surface area contributed by atoms with E-state index in [1.54, 1.807) is 29.2 Å². The van der Waals surface area contributed by atoms with Crippen molar-refractivity contribution in [1.82, 2.24) is 9.55 Å². The number of aromatic nitrogens is 2. The highest BCUT2D eigenvalue weighted by atomic mass is 28.3. The van der Waals surface area contributed by atoms with Crippen molar-refractivity contribution in [3.63, 3.8) is 0 Å². The Morgan fingerprint density at radius 2 is 2.14 bits per heavy atom. The molecule has 1 amide bonds. The molecule has 0 radical (unpaired) electrons. The molecule has 2 heterocycles. The maximum Gasteiger partial charge on any atom is 0.414 e. The van der Waals surface area contributed by atoms with Gasteiger partial charge < -0.3 is 18.8 Å². The average molecular weight is 422 g/mol. The van der Waals surface area contributed by atoms with Gasteiger partial charge in [0.25, 0.3) is 0 Å².